The highest BCUT2D eigenvalue weighted by atomic mass is 35.5. The molecule has 2 aromatic rings. The molecule has 2 rings (SSSR count). The Labute approximate surface area is 116 Å². The van der Waals surface area contributed by atoms with Crippen molar-refractivity contribution in [1.82, 2.24) is 0 Å². The predicted octanol–water partition coefficient (Wildman–Crippen LogP) is 4.05. The van der Waals surface area contributed by atoms with Crippen LogP contribution in [0.25, 0.3) is 11.1 Å². The third-order valence-corrected chi connectivity index (χ3v) is 3.24. The van der Waals surface area contributed by atoms with Crippen LogP contribution in [0.5, 0.6) is 5.75 Å². The highest BCUT2D eigenvalue weighted by Gasteiger charge is 2.00. The molecule has 18 heavy (non-hydrogen) atoms. The second-order valence-electron chi connectivity index (χ2n) is 3.69. The number of hydrogen-bond acceptors (Lipinski definition) is 3. The summed E-state index contributed by atoms with van der Waals surface area (Å²) in [6.07, 6.45) is 0. The molecule has 0 unspecified atom stereocenters. The van der Waals surface area contributed by atoms with Crippen LogP contribution in [0.15, 0.2) is 41.1 Å². The quantitative estimate of drug-likeness (QED) is 0.563. The standard InChI is InChI=1S/C14H15ClO2S/c15-5-6-16-7-8-17-14-3-1-2-12(10-14)13-4-9-18-11-13/h1-4,9-11H,5-8H2. The Bertz CT molecular complexity index is 457. The Morgan fingerprint density at radius 3 is 2.78 bits per heavy atom. The third-order valence-electron chi connectivity index (χ3n) is 2.41. The SMILES string of the molecule is ClCCOCCOc1cccc(-c2ccsc2)c1. The van der Waals surface area contributed by atoms with Crippen LogP contribution < -0.4 is 4.74 Å². The highest BCUT2D eigenvalue weighted by molar-refractivity contribution is 7.08. The van der Waals surface area contributed by atoms with Crippen molar-refractivity contribution in [1.29, 1.82) is 0 Å². The molecule has 0 saturated carbocycles. The largest absolute Gasteiger partial charge is 0.491 e. The molecule has 0 amide bonds. The normalized spacial score (nSPS) is 10.5. The first-order chi connectivity index (χ1) is 8.90. The fourth-order valence-corrected chi connectivity index (χ4v) is 2.34. The van der Waals surface area contributed by atoms with E-state index in [9.17, 15) is 0 Å². The monoisotopic (exact) mass is 282 g/mol. The zero-order valence-electron chi connectivity index (χ0n) is 9.97. The van der Waals surface area contributed by atoms with Crippen LogP contribution in [0.3, 0.4) is 0 Å². The first-order valence-corrected chi connectivity index (χ1v) is 7.27. The van der Waals surface area contributed by atoms with Crippen LogP contribution in [0.4, 0.5) is 0 Å². The lowest BCUT2D eigenvalue weighted by Crippen LogP contribution is -2.07. The maximum atomic E-state index is 5.63. The Morgan fingerprint density at radius 1 is 1.06 bits per heavy atom. The van der Waals surface area contributed by atoms with Gasteiger partial charge in [-0.2, -0.15) is 11.3 Å². The summed E-state index contributed by atoms with van der Waals surface area (Å²) in [6, 6.07) is 10.2. The van der Waals surface area contributed by atoms with E-state index in [1.807, 2.05) is 18.2 Å². The topological polar surface area (TPSA) is 18.5 Å². The van der Waals surface area contributed by atoms with Crippen LogP contribution in [0, 0.1) is 0 Å². The van der Waals surface area contributed by atoms with Crippen LogP contribution in [0.1, 0.15) is 0 Å². The van der Waals surface area contributed by atoms with Gasteiger partial charge in [-0.05, 0) is 40.1 Å². The fraction of sp³-hybridized carbons (Fsp3) is 0.286. The van der Waals surface area contributed by atoms with Crippen molar-refractivity contribution < 1.29 is 9.47 Å². The van der Waals surface area contributed by atoms with Gasteiger partial charge < -0.3 is 9.47 Å². The van der Waals surface area contributed by atoms with E-state index >= 15 is 0 Å². The zero-order chi connectivity index (χ0) is 12.6. The molecule has 0 aliphatic carbocycles. The summed E-state index contributed by atoms with van der Waals surface area (Å²) in [5.74, 6) is 1.39. The van der Waals surface area contributed by atoms with Gasteiger partial charge in [-0.3, -0.25) is 0 Å². The summed E-state index contributed by atoms with van der Waals surface area (Å²) in [5, 5.41) is 4.20. The molecule has 0 atom stereocenters. The average Bonchev–Trinajstić information content (AvgIpc) is 2.93. The van der Waals surface area contributed by atoms with Crippen LogP contribution in [0.2, 0.25) is 0 Å². The molecule has 0 fully saturated rings. The lowest BCUT2D eigenvalue weighted by molar-refractivity contribution is 0.111. The minimum atomic E-state index is 0.521. The molecule has 0 bridgehead atoms. The lowest BCUT2D eigenvalue weighted by Gasteiger charge is -2.07. The molecule has 0 saturated heterocycles. The van der Waals surface area contributed by atoms with Gasteiger partial charge in [-0.15, -0.1) is 11.6 Å². The summed E-state index contributed by atoms with van der Waals surface area (Å²) in [6.45, 7) is 1.68. The second kappa shape index (κ2) is 7.41. The van der Waals surface area contributed by atoms with Gasteiger partial charge in [0.1, 0.15) is 12.4 Å². The molecule has 0 spiro atoms. The molecule has 0 N–H and O–H groups in total. The molecule has 1 aromatic carbocycles. The number of thiophene rings is 1. The summed E-state index contributed by atoms with van der Waals surface area (Å²) < 4.78 is 10.9. The maximum Gasteiger partial charge on any atom is 0.120 e. The van der Waals surface area contributed by atoms with Gasteiger partial charge in [-0.25, -0.2) is 0 Å². The Hall–Kier alpha value is -1.03. The van der Waals surface area contributed by atoms with E-state index in [2.05, 4.69) is 22.9 Å². The van der Waals surface area contributed by atoms with Gasteiger partial charge in [0.15, 0.2) is 0 Å². The number of alkyl halides is 1. The van der Waals surface area contributed by atoms with Crippen LogP contribution in [-0.4, -0.2) is 25.7 Å². The molecule has 1 aromatic heterocycles. The molecule has 2 nitrogen and oxygen atoms in total. The average molecular weight is 283 g/mol. The minimum Gasteiger partial charge on any atom is -0.491 e. The van der Waals surface area contributed by atoms with E-state index in [0.29, 0.717) is 25.7 Å². The number of halogens is 1. The van der Waals surface area contributed by atoms with E-state index in [1.165, 1.54) is 11.1 Å². The van der Waals surface area contributed by atoms with Gasteiger partial charge in [-0.1, -0.05) is 12.1 Å². The van der Waals surface area contributed by atoms with Crippen molar-refractivity contribution in [3.8, 4) is 16.9 Å². The van der Waals surface area contributed by atoms with E-state index in [1.54, 1.807) is 11.3 Å². The minimum absolute atomic E-state index is 0.521. The molecule has 96 valence electrons. The third kappa shape index (κ3) is 4.02. The summed E-state index contributed by atoms with van der Waals surface area (Å²) >= 11 is 7.20. The van der Waals surface area contributed by atoms with Crippen LogP contribution in [-0.2, 0) is 4.74 Å². The van der Waals surface area contributed by atoms with E-state index in [4.69, 9.17) is 21.1 Å². The molecule has 0 radical (unpaired) electrons. The Balaban J connectivity index is 1.88. The number of rotatable bonds is 7. The molecule has 1 heterocycles. The lowest BCUT2D eigenvalue weighted by atomic mass is 10.1. The molecule has 0 aliphatic rings. The van der Waals surface area contributed by atoms with Crippen molar-refractivity contribution in [3.63, 3.8) is 0 Å². The second-order valence-corrected chi connectivity index (χ2v) is 4.85. The Morgan fingerprint density at radius 2 is 2.00 bits per heavy atom. The van der Waals surface area contributed by atoms with Gasteiger partial charge >= 0.3 is 0 Å². The molecule has 0 aliphatic heterocycles. The Kier molecular flexibility index (Phi) is 5.52. The van der Waals surface area contributed by atoms with Gasteiger partial charge in [0.25, 0.3) is 0 Å². The van der Waals surface area contributed by atoms with Crippen molar-refractivity contribution in [2.24, 2.45) is 0 Å². The summed E-state index contributed by atoms with van der Waals surface area (Å²) in [7, 11) is 0. The van der Waals surface area contributed by atoms with E-state index < -0.39 is 0 Å². The molecular formula is C14H15ClO2S. The number of hydrogen-bond donors (Lipinski definition) is 0. The van der Waals surface area contributed by atoms with E-state index in [0.717, 1.165) is 5.75 Å². The fourth-order valence-electron chi connectivity index (χ4n) is 1.57. The van der Waals surface area contributed by atoms with Gasteiger partial charge in [0.05, 0.1) is 13.2 Å². The molecule has 4 heteroatoms. The molecular weight excluding hydrogens is 268 g/mol. The highest BCUT2D eigenvalue weighted by Crippen LogP contribution is 2.25. The van der Waals surface area contributed by atoms with Crippen molar-refractivity contribution in [2.45, 2.75) is 0 Å². The number of ether oxygens (including phenoxy) is 2. The van der Waals surface area contributed by atoms with E-state index in [-0.39, 0.29) is 0 Å². The first-order valence-electron chi connectivity index (χ1n) is 5.79. The zero-order valence-corrected chi connectivity index (χ0v) is 11.5. The van der Waals surface area contributed by atoms with Crippen LogP contribution >= 0.6 is 22.9 Å². The van der Waals surface area contributed by atoms with Gasteiger partial charge in [0.2, 0.25) is 0 Å². The summed E-state index contributed by atoms with van der Waals surface area (Å²) in [4.78, 5) is 0. The summed E-state index contributed by atoms with van der Waals surface area (Å²) in [5.41, 5.74) is 2.40. The van der Waals surface area contributed by atoms with Crippen molar-refractivity contribution in [3.05, 3.63) is 41.1 Å². The smallest absolute Gasteiger partial charge is 0.120 e. The maximum absolute atomic E-state index is 5.63. The van der Waals surface area contributed by atoms with Crippen molar-refractivity contribution in [2.75, 3.05) is 25.7 Å². The number of benzene rings is 1. The first kappa shape index (κ1) is 13.4. The predicted molar refractivity (Wildman–Crippen MR) is 76.8 cm³/mol. The van der Waals surface area contributed by atoms with Gasteiger partial charge in [0, 0.05) is 5.88 Å². The van der Waals surface area contributed by atoms with Crippen molar-refractivity contribution >= 4 is 22.9 Å².